The maximum atomic E-state index is 5.41. The Labute approximate surface area is 236 Å². The molecule has 1 aliphatic rings. The molecule has 6 aromatic rings. The molecule has 0 atom stereocenters. The van der Waals surface area contributed by atoms with Crippen LogP contribution in [0.2, 0.25) is 0 Å². The van der Waals surface area contributed by atoms with Gasteiger partial charge in [0.05, 0.1) is 11.4 Å². The molecule has 0 N–H and O–H groups in total. The van der Waals surface area contributed by atoms with Gasteiger partial charge in [-0.3, -0.25) is 0 Å². The third kappa shape index (κ3) is 3.27. The Bertz CT molecular complexity index is 1640. The second-order valence-electron chi connectivity index (χ2n) is 8.94. The number of nitrogens with zero attached hydrogens (tertiary/aromatic N) is 1. The molecule has 0 aliphatic heterocycles. The van der Waals surface area contributed by atoms with Gasteiger partial charge in [-0.15, -0.1) is 11.1 Å². The summed E-state index contributed by atoms with van der Waals surface area (Å²) in [6.45, 7) is 0. The number of fused-ring (bicyclic) bond motifs is 5. The molecule has 0 saturated carbocycles. The van der Waals surface area contributed by atoms with Crippen molar-refractivity contribution in [3.8, 4) is 22.5 Å². The molecule has 0 saturated heterocycles. The van der Waals surface area contributed by atoms with Crippen LogP contribution in [-0.4, -0.2) is 4.98 Å². The van der Waals surface area contributed by atoms with Gasteiger partial charge in [-0.25, -0.2) is 4.98 Å². The Kier molecular flexibility index (Phi) is 5.92. The van der Waals surface area contributed by atoms with Crippen LogP contribution in [-0.2, 0) is 38.1 Å². The summed E-state index contributed by atoms with van der Waals surface area (Å²) in [4.78, 5) is 5.41. The Morgan fingerprint density at radius 3 is 1.78 bits per heavy atom. The summed E-state index contributed by atoms with van der Waals surface area (Å²) in [5, 5.41) is 2.36. The zero-order valence-corrected chi connectivity index (χ0v) is 22.5. The Morgan fingerprint density at radius 1 is 0.528 bits per heavy atom. The summed E-state index contributed by atoms with van der Waals surface area (Å²) >= 11 is 0. The smallest absolute Gasteiger partial charge is 0.0788 e. The molecule has 1 radical (unpaired) electrons. The molecule has 0 spiro atoms. The van der Waals surface area contributed by atoms with Crippen LogP contribution < -0.4 is 0 Å². The number of hydrogen-bond acceptors (Lipinski definition) is 1. The topological polar surface area (TPSA) is 12.9 Å². The van der Waals surface area contributed by atoms with E-state index in [0.29, 0.717) is 0 Å². The maximum absolute atomic E-state index is 5.41. The van der Waals surface area contributed by atoms with Crippen molar-refractivity contribution in [2.75, 3.05) is 0 Å². The molecule has 1 nitrogen and oxygen atoms in total. The molecule has 1 aliphatic carbocycles. The molecule has 0 fully saturated rings. The number of benzene rings is 5. The van der Waals surface area contributed by atoms with Gasteiger partial charge >= 0.3 is 0 Å². The van der Waals surface area contributed by atoms with Crippen molar-refractivity contribution < 1.29 is 32.7 Å². The first-order valence-electron chi connectivity index (χ1n) is 11.9. The average molecular weight is 532 g/mol. The van der Waals surface area contributed by atoms with Gasteiger partial charge in [-0.1, -0.05) is 78.9 Å². The summed E-state index contributed by atoms with van der Waals surface area (Å²) in [6, 6.07) is 51.7. The van der Waals surface area contributed by atoms with Crippen LogP contribution in [0.15, 0.2) is 127 Å². The number of rotatable bonds is 3. The summed E-state index contributed by atoms with van der Waals surface area (Å²) < 4.78 is 0. The second-order valence-corrected chi connectivity index (χ2v) is 8.94. The number of hydrogen-bond donors (Lipinski definition) is 0. The average Bonchev–Trinajstić information content (AvgIpc) is 3.25. The predicted octanol–water partition coefficient (Wildman–Crippen LogP) is 7.86. The molecule has 1 aromatic heterocycles. The van der Waals surface area contributed by atoms with Gasteiger partial charge < -0.3 is 0 Å². The zero-order valence-electron chi connectivity index (χ0n) is 19.6. The minimum Gasteiger partial charge on any atom is -0.247 e. The molecule has 0 amide bonds. The zero-order chi connectivity index (χ0) is 23.2. The van der Waals surface area contributed by atoms with E-state index in [9.17, 15) is 0 Å². The molecule has 1 heterocycles. The van der Waals surface area contributed by atoms with Crippen LogP contribution in [0.25, 0.3) is 33.3 Å². The molecule has 2 heteroatoms. The van der Waals surface area contributed by atoms with E-state index in [2.05, 4.69) is 115 Å². The second kappa shape index (κ2) is 9.24. The fourth-order valence-corrected chi connectivity index (χ4v) is 5.76. The largest absolute Gasteiger partial charge is 0.247 e. The van der Waals surface area contributed by atoms with E-state index in [0.717, 1.165) is 33.5 Å². The van der Waals surface area contributed by atoms with Crippen molar-refractivity contribution in [2.45, 2.75) is 5.41 Å². The van der Waals surface area contributed by atoms with Crippen molar-refractivity contribution in [1.29, 1.82) is 0 Å². The minimum absolute atomic E-state index is 0. The molecule has 7 rings (SSSR count). The van der Waals surface area contributed by atoms with Crippen LogP contribution >= 0.6 is 0 Å². The summed E-state index contributed by atoms with van der Waals surface area (Å²) in [7, 11) is 0. The van der Waals surface area contributed by atoms with Crippen molar-refractivity contribution in [3.05, 3.63) is 162 Å². The molecular formula is C34H21NY-2. The minimum atomic E-state index is -0.559. The van der Waals surface area contributed by atoms with Gasteiger partial charge in [0, 0.05) is 60.2 Å². The number of aromatic nitrogens is 1. The van der Waals surface area contributed by atoms with Gasteiger partial charge in [0.15, 0.2) is 0 Å². The normalized spacial score (nSPS) is 13.0. The van der Waals surface area contributed by atoms with E-state index in [4.69, 9.17) is 4.98 Å². The molecular weight excluding hydrogens is 511 g/mol. The van der Waals surface area contributed by atoms with Crippen LogP contribution in [0.1, 0.15) is 22.3 Å². The molecule has 167 valence electrons. The van der Waals surface area contributed by atoms with E-state index in [1.807, 2.05) is 24.3 Å². The van der Waals surface area contributed by atoms with Gasteiger partial charge in [0.25, 0.3) is 0 Å². The van der Waals surface area contributed by atoms with Gasteiger partial charge in [0.2, 0.25) is 0 Å². The molecule has 5 aromatic carbocycles. The van der Waals surface area contributed by atoms with Crippen LogP contribution in [0.4, 0.5) is 0 Å². The fraction of sp³-hybridized carbons (Fsp3) is 0.0294. The molecule has 0 bridgehead atoms. The first-order valence-corrected chi connectivity index (χ1v) is 11.9. The fourth-order valence-electron chi connectivity index (χ4n) is 5.76. The predicted molar refractivity (Wildman–Crippen MR) is 142 cm³/mol. The van der Waals surface area contributed by atoms with E-state index in [1.54, 1.807) is 0 Å². The van der Waals surface area contributed by atoms with Gasteiger partial charge in [-0.05, 0) is 10.9 Å². The van der Waals surface area contributed by atoms with Crippen molar-refractivity contribution >= 4 is 10.8 Å². The standard InChI is InChI=1S/C34H21N.Y/c1-4-14-24(15-5-1)32-28-21-11-10-20-27(28)31-33(35-32)29-22-12-13-23-30(29)34(31,25-16-6-2-7-17-25)26-18-8-3-9-19-26;/h1-16,18,20-23H;/q-2;. The Morgan fingerprint density at radius 2 is 1.11 bits per heavy atom. The molecule has 36 heavy (non-hydrogen) atoms. The Hall–Kier alpha value is -3.39. The summed E-state index contributed by atoms with van der Waals surface area (Å²) in [5.41, 5.74) is 8.42. The SMILES string of the molecule is [Y].[c-]1ccccc1C1(c2[c-]cccc2)c2ccccc2-c2nc(-c3ccccc3)c3ccccc3c21. The van der Waals surface area contributed by atoms with Gasteiger partial charge in [0.1, 0.15) is 0 Å². The van der Waals surface area contributed by atoms with E-state index in [1.165, 1.54) is 22.1 Å². The van der Waals surface area contributed by atoms with Crippen molar-refractivity contribution in [1.82, 2.24) is 4.98 Å². The van der Waals surface area contributed by atoms with E-state index in [-0.39, 0.29) is 32.7 Å². The van der Waals surface area contributed by atoms with Crippen molar-refractivity contribution in [2.24, 2.45) is 0 Å². The summed E-state index contributed by atoms with van der Waals surface area (Å²) in [6.07, 6.45) is 0. The summed E-state index contributed by atoms with van der Waals surface area (Å²) in [5.74, 6) is 0. The third-order valence-corrected chi connectivity index (χ3v) is 7.15. The van der Waals surface area contributed by atoms with E-state index >= 15 is 0 Å². The van der Waals surface area contributed by atoms with E-state index < -0.39 is 5.41 Å². The van der Waals surface area contributed by atoms with Gasteiger partial charge in [-0.2, -0.15) is 60.7 Å². The van der Waals surface area contributed by atoms with Crippen LogP contribution in [0.3, 0.4) is 0 Å². The Balaban J connectivity index is 0.00000240. The molecule has 0 unspecified atom stereocenters. The quantitative estimate of drug-likeness (QED) is 0.211. The third-order valence-electron chi connectivity index (χ3n) is 7.15. The maximum Gasteiger partial charge on any atom is 0.0788 e. The van der Waals surface area contributed by atoms with Crippen molar-refractivity contribution in [3.63, 3.8) is 0 Å². The first-order chi connectivity index (χ1) is 17.4. The number of pyridine rings is 1. The first kappa shape index (κ1) is 23.0. The van der Waals surface area contributed by atoms with Crippen LogP contribution in [0, 0.1) is 12.1 Å². The monoisotopic (exact) mass is 532 g/mol. The van der Waals surface area contributed by atoms with Crippen LogP contribution in [0.5, 0.6) is 0 Å².